The molecule has 0 aliphatic carbocycles. The van der Waals surface area contributed by atoms with Gasteiger partial charge in [-0.15, -0.1) is 0 Å². The van der Waals surface area contributed by atoms with Crippen molar-refractivity contribution >= 4 is 5.97 Å². The standard InChI is InChI=1S/C11H21NO3/c1-8(2)7-10(11(13)14)12-9-3-5-15-6-4-9/h8-10,12H,3-7H2,1-2H3,(H,13,14). The Morgan fingerprint density at radius 3 is 2.53 bits per heavy atom. The first-order valence-corrected chi connectivity index (χ1v) is 5.66. The van der Waals surface area contributed by atoms with Crippen molar-refractivity contribution in [3.05, 3.63) is 0 Å². The van der Waals surface area contributed by atoms with Gasteiger partial charge in [0.1, 0.15) is 6.04 Å². The predicted molar refractivity (Wildman–Crippen MR) is 57.9 cm³/mol. The molecule has 88 valence electrons. The second-order valence-corrected chi connectivity index (χ2v) is 4.57. The summed E-state index contributed by atoms with van der Waals surface area (Å²) >= 11 is 0. The number of hydrogen-bond acceptors (Lipinski definition) is 3. The molecule has 2 N–H and O–H groups in total. The van der Waals surface area contributed by atoms with Gasteiger partial charge in [0.05, 0.1) is 0 Å². The molecule has 1 saturated heterocycles. The maximum absolute atomic E-state index is 11.0. The van der Waals surface area contributed by atoms with Crippen LogP contribution in [-0.4, -0.2) is 36.4 Å². The molecule has 1 unspecified atom stereocenters. The van der Waals surface area contributed by atoms with E-state index in [1.54, 1.807) is 0 Å². The second kappa shape index (κ2) is 6.08. The third-order valence-corrected chi connectivity index (χ3v) is 2.66. The number of ether oxygens (including phenoxy) is 1. The van der Waals surface area contributed by atoms with Gasteiger partial charge in [0.15, 0.2) is 0 Å². The summed E-state index contributed by atoms with van der Waals surface area (Å²) in [6, 6.07) is -0.105. The molecule has 1 aliphatic heterocycles. The van der Waals surface area contributed by atoms with Crippen LogP contribution in [0.5, 0.6) is 0 Å². The van der Waals surface area contributed by atoms with Gasteiger partial charge in [-0.1, -0.05) is 13.8 Å². The van der Waals surface area contributed by atoms with Crippen molar-refractivity contribution < 1.29 is 14.6 Å². The fourth-order valence-electron chi connectivity index (χ4n) is 1.86. The van der Waals surface area contributed by atoms with E-state index in [9.17, 15) is 4.79 Å². The van der Waals surface area contributed by atoms with Gasteiger partial charge in [-0.25, -0.2) is 0 Å². The van der Waals surface area contributed by atoms with Crippen LogP contribution in [0.2, 0.25) is 0 Å². The van der Waals surface area contributed by atoms with Crippen molar-refractivity contribution in [1.82, 2.24) is 5.32 Å². The number of nitrogens with one attached hydrogen (secondary N) is 1. The Morgan fingerprint density at radius 1 is 1.47 bits per heavy atom. The van der Waals surface area contributed by atoms with Gasteiger partial charge in [0, 0.05) is 19.3 Å². The maximum atomic E-state index is 11.0. The average molecular weight is 215 g/mol. The molecule has 1 fully saturated rings. The molecule has 0 amide bonds. The Morgan fingerprint density at radius 2 is 2.07 bits per heavy atom. The number of rotatable bonds is 5. The van der Waals surface area contributed by atoms with Crippen LogP contribution in [0, 0.1) is 5.92 Å². The minimum Gasteiger partial charge on any atom is -0.480 e. The summed E-state index contributed by atoms with van der Waals surface area (Å²) in [5, 5.41) is 12.3. The van der Waals surface area contributed by atoms with Gasteiger partial charge in [0.25, 0.3) is 0 Å². The minimum absolute atomic E-state index is 0.304. The van der Waals surface area contributed by atoms with Gasteiger partial charge in [0.2, 0.25) is 0 Å². The molecular formula is C11H21NO3. The molecule has 15 heavy (non-hydrogen) atoms. The zero-order valence-corrected chi connectivity index (χ0v) is 9.53. The highest BCUT2D eigenvalue weighted by molar-refractivity contribution is 5.73. The number of carboxylic acid groups (broad SMARTS) is 1. The monoisotopic (exact) mass is 215 g/mol. The normalized spacial score (nSPS) is 20.5. The molecular weight excluding hydrogens is 194 g/mol. The first-order valence-electron chi connectivity index (χ1n) is 5.66. The van der Waals surface area contributed by atoms with Gasteiger partial charge in [-0.2, -0.15) is 0 Å². The first-order chi connectivity index (χ1) is 7.09. The quantitative estimate of drug-likeness (QED) is 0.724. The number of carboxylic acids is 1. The molecule has 0 spiro atoms. The smallest absolute Gasteiger partial charge is 0.320 e. The Kier molecular flexibility index (Phi) is 5.05. The lowest BCUT2D eigenvalue weighted by atomic mass is 10.0. The molecule has 0 aromatic heterocycles. The van der Waals surface area contributed by atoms with E-state index in [-0.39, 0.29) is 0 Å². The predicted octanol–water partition coefficient (Wildman–Crippen LogP) is 1.25. The third kappa shape index (κ3) is 4.62. The summed E-state index contributed by atoms with van der Waals surface area (Å²) in [5.74, 6) is -0.339. The molecule has 1 atom stereocenters. The minimum atomic E-state index is -0.741. The molecule has 1 heterocycles. The Balaban J connectivity index is 2.38. The number of carbonyl (C=O) groups is 1. The number of hydrogen-bond donors (Lipinski definition) is 2. The van der Waals surface area contributed by atoms with Crippen LogP contribution in [0.3, 0.4) is 0 Å². The van der Waals surface area contributed by atoms with Crippen molar-refractivity contribution in [2.45, 2.75) is 45.2 Å². The zero-order valence-electron chi connectivity index (χ0n) is 9.53. The zero-order chi connectivity index (χ0) is 11.3. The van der Waals surface area contributed by atoms with Crippen LogP contribution >= 0.6 is 0 Å². The fourth-order valence-corrected chi connectivity index (χ4v) is 1.86. The van der Waals surface area contributed by atoms with Crippen LogP contribution in [-0.2, 0) is 9.53 Å². The lowest BCUT2D eigenvalue weighted by Gasteiger charge is -2.27. The lowest BCUT2D eigenvalue weighted by molar-refractivity contribution is -0.140. The first kappa shape index (κ1) is 12.5. The maximum Gasteiger partial charge on any atom is 0.320 e. The molecule has 4 nitrogen and oxygen atoms in total. The van der Waals surface area contributed by atoms with E-state index in [2.05, 4.69) is 5.32 Å². The van der Waals surface area contributed by atoms with Crippen LogP contribution in [0.25, 0.3) is 0 Å². The lowest BCUT2D eigenvalue weighted by Crippen LogP contribution is -2.46. The van der Waals surface area contributed by atoms with Gasteiger partial charge >= 0.3 is 5.97 Å². The summed E-state index contributed by atoms with van der Waals surface area (Å²) in [5.41, 5.74) is 0. The fraction of sp³-hybridized carbons (Fsp3) is 0.909. The van der Waals surface area contributed by atoms with E-state index in [0.717, 1.165) is 26.1 Å². The second-order valence-electron chi connectivity index (χ2n) is 4.57. The van der Waals surface area contributed by atoms with Crippen LogP contribution < -0.4 is 5.32 Å². The highest BCUT2D eigenvalue weighted by Gasteiger charge is 2.23. The van der Waals surface area contributed by atoms with E-state index in [1.165, 1.54) is 0 Å². The summed E-state index contributed by atoms with van der Waals surface area (Å²) in [6.45, 7) is 5.57. The largest absolute Gasteiger partial charge is 0.480 e. The van der Waals surface area contributed by atoms with Crippen LogP contribution in [0.1, 0.15) is 33.1 Å². The summed E-state index contributed by atoms with van der Waals surface area (Å²) in [7, 11) is 0. The molecule has 1 rings (SSSR count). The van der Waals surface area contributed by atoms with E-state index < -0.39 is 12.0 Å². The van der Waals surface area contributed by atoms with Gasteiger partial charge in [-0.05, 0) is 25.2 Å². The Hall–Kier alpha value is -0.610. The topological polar surface area (TPSA) is 58.6 Å². The van der Waals surface area contributed by atoms with Crippen molar-refractivity contribution in [2.24, 2.45) is 5.92 Å². The highest BCUT2D eigenvalue weighted by Crippen LogP contribution is 2.11. The van der Waals surface area contributed by atoms with Crippen molar-refractivity contribution in [1.29, 1.82) is 0 Å². The van der Waals surface area contributed by atoms with Crippen molar-refractivity contribution in [3.63, 3.8) is 0 Å². The molecule has 0 bridgehead atoms. The SMILES string of the molecule is CC(C)CC(NC1CCOCC1)C(=O)O. The summed E-state index contributed by atoms with van der Waals surface area (Å²) < 4.78 is 5.24. The van der Waals surface area contributed by atoms with E-state index in [1.807, 2.05) is 13.8 Å². The molecule has 0 saturated carbocycles. The third-order valence-electron chi connectivity index (χ3n) is 2.66. The molecule has 1 aliphatic rings. The van der Waals surface area contributed by atoms with Crippen LogP contribution in [0.15, 0.2) is 0 Å². The summed E-state index contributed by atoms with van der Waals surface area (Å²) in [4.78, 5) is 11.0. The van der Waals surface area contributed by atoms with Gasteiger partial charge < -0.3 is 15.2 Å². The summed E-state index contributed by atoms with van der Waals surface area (Å²) in [6.07, 6.45) is 2.52. The average Bonchev–Trinajstić information content (AvgIpc) is 2.17. The van der Waals surface area contributed by atoms with E-state index >= 15 is 0 Å². The molecule has 0 aromatic rings. The van der Waals surface area contributed by atoms with Crippen LogP contribution in [0.4, 0.5) is 0 Å². The Bertz CT molecular complexity index is 200. The van der Waals surface area contributed by atoms with E-state index in [0.29, 0.717) is 18.4 Å². The molecule has 0 radical (unpaired) electrons. The van der Waals surface area contributed by atoms with Gasteiger partial charge in [-0.3, -0.25) is 4.79 Å². The van der Waals surface area contributed by atoms with E-state index in [4.69, 9.17) is 9.84 Å². The van der Waals surface area contributed by atoms with Crippen molar-refractivity contribution in [2.75, 3.05) is 13.2 Å². The Labute approximate surface area is 91.0 Å². The highest BCUT2D eigenvalue weighted by atomic mass is 16.5. The number of aliphatic carboxylic acids is 1. The molecule has 4 heteroatoms. The molecule has 0 aromatic carbocycles. The van der Waals surface area contributed by atoms with Crippen molar-refractivity contribution in [3.8, 4) is 0 Å².